The lowest BCUT2D eigenvalue weighted by molar-refractivity contribution is -0.179. The molecule has 0 aliphatic rings. The summed E-state index contributed by atoms with van der Waals surface area (Å²) in [5.41, 5.74) is -0.624. The quantitative estimate of drug-likeness (QED) is 0.326. The molecule has 0 unspecified atom stereocenters. The predicted octanol–water partition coefficient (Wildman–Crippen LogP) is 2.22. The van der Waals surface area contributed by atoms with Crippen LogP contribution in [0.2, 0.25) is 0 Å². The Morgan fingerprint density at radius 3 is 2.38 bits per heavy atom. The molecule has 4 N–H and O–H groups in total. The van der Waals surface area contributed by atoms with Crippen molar-refractivity contribution in [2.75, 3.05) is 7.11 Å². The smallest absolute Gasteiger partial charge is 0.256 e. The first-order valence-corrected chi connectivity index (χ1v) is 6.68. The molecule has 8 nitrogen and oxygen atoms in total. The fourth-order valence-corrected chi connectivity index (χ4v) is 2.28. The van der Waals surface area contributed by atoms with Gasteiger partial charge in [0.15, 0.2) is 17.3 Å². The van der Waals surface area contributed by atoms with Crippen LogP contribution in [0, 0.1) is 0 Å². The zero-order valence-corrected chi connectivity index (χ0v) is 12.3. The fraction of sp³-hybridized carbons (Fsp3) is 0.0625. The van der Waals surface area contributed by atoms with Gasteiger partial charge in [-0.2, -0.15) is 4.89 Å². The summed E-state index contributed by atoms with van der Waals surface area (Å²) in [7, 11) is 1.18. The van der Waals surface area contributed by atoms with Crippen molar-refractivity contribution in [3.05, 3.63) is 40.6 Å². The van der Waals surface area contributed by atoms with Crippen LogP contribution >= 0.6 is 0 Å². The summed E-state index contributed by atoms with van der Waals surface area (Å²) in [4.78, 5) is 22.0. The second-order valence-electron chi connectivity index (χ2n) is 4.88. The van der Waals surface area contributed by atoms with E-state index in [0.717, 1.165) is 18.2 Å². The van der Waals surface area contributed by atoms with Crippen molar-refractivity contribution in [2.45, 2.75) is 0 Å². The Hall–Kier alpha value is -3.39. The molecule has 0 fully saturated rings. The van der Waals surface area contributed by atoms with E-state index in [9.17, 15) is 25.2 Å². The molecular formula is C16H12O8. The maximum atomic E-state index is 12.6. The van der Waals surface area contributed by atoms with Crippen LogP contribution in [0.3, 0.4) is 0 Å². The Kier molecular flexibility index (Phi) is 3.66. The van der Waals surface area contributed by atoms with E-state index < -0.39 is 16.9 Å². The molecule has 2 aromatic carbocycles. The van der Waals surface area contributed by atoms with Crippen molar-refractivity contribution in [3.8, 4) is 40.1 Å². The van der Waals surface area contributed by atoms with E-state index in [-0.39, 0.29) is 39.5 Å². The van der Waals surface area contributed by atoms with Crippen molar-refractivity contribution in [2.24, 2.45) is 0 Å². The number of hydrogen-bond acceptors (Lipinski definition) is 8. The van der Waals surface area contributed by atoms with Gasteiger partial charge >= 0.3 is 0 Å². The number of phenols is 4. The third-order valence-electron chi connectivity index (χ3n) is 3.32. The van der Waals surface area contributed by atoms with Crippen LogP contribution in [-0.2, 0) is 4.89 Å². The molecule has 1 heterocycles. The van der Waals surface area contributed by atoms with E-state index in [0.29, 0.717) is 0 Å². The van der Waals surface area contributed by atoms with Gasteiger partial charge in [-0.05, 0) is 18.2 Å². The van der Waals surface area contributed by atoms with Gasteiger partial charge in [-0.3, -0.25) is 4.79 Å². The van der Waals surface area contributed by atoms with Crippen LogP contribution < -0.4 is 10.3 Å². The van der Waals surface area contributed by atoms with E-state index in [1.165, 1.54) is 19.2 Å². The molecule has 8 heteroatoms. The minimum atomic E-state index is -0.738. The maximum Gasteiger partial charge on any atom is 0.256 e. The number of hydrogen-bond donors (Lipinski definition) is 4. The molecule has 0 radical (unpaired) electrons. The summed E-state index contributed by atoms with van der Waals surface area (Å²) < 4.78 is 5.55. The lowest BCUT2D eigenvalue weighted by atomic mass is 10.1. The fourth-order valence-electron chi connectivity index (χ4n) is 2.28. The normalized spacial score (nSPS) is 10.9. The molecule has 1 aromatic heterocycles. The van der Waals surface area contributed by atoms with Gasteiger partial charge in [0.25, 0.3) is 5.75 Å². The molecule has 0 saturated carbocycles. The molecule has 3 aromatic rings. The van der Waals surface area contributed by atoms with Crippen LogP contribution in [0.25, 0.3) is 22.3 Å². The highest BCUT2D eigenvalue weighted by atomic mass is 17.2. The first-order valence-electron chi connectivity index (χ1n) is 6.68. The van der Waals surface area contributed by atoms with Gasteiger partial charge in [-0.15, -0.1) is 0 Å². The predicted molar refractivity (Wildman–Crippen MR) is 82.2 cm³/mol. The van der Waals surface area contributed by atoms with Gasteiger partial charge in [0.2, 0.25) is 5.43 Å². The van der Waals surface area contributed by atoms with E-state index >= 15 is 0 Å². The zero-order valence-electron chi connectivity index (χ0n) is 12.3. The summed E-state index contributed by atoms with van der Waals surface area (Å²) in [5.74, 6) is -2.06. The summed E-state index contributed by atoms with van der Waals surface area (Å²) in [6.07, 6.45) is 0. The lowest BCUT2D eigenvalue weighted by Gasteiger charge is -2.10. The molecule has 3 rings (SSSR count). The largest absolute Gasteiger partial charge is 0.508 e. The molecule has 0 atom stereocenters. The highest BCUT2D eigenvalue weighted by Gasteiger charge is 2.22. The zero-order chi connectivity index (χ0) is 17.4. The summed E-state index contributed by atoms with van der Waals surface area (Å²) in [6, 6.07) is 5.87. The number of phenolic OH excluding ortho intramolecular Hbond substituents is 4. The molecule has 0 aliphatic carbocycles. The SMILES string of the molecule is COOc1c(-c2ccc(O)c(O)c2)oc2cc(O)cc(O)c2c1=O. The Morgan fingerprint density at radius 2 is 1.71 bits per heavy atom. The Morgan fingerprint density at radius 1 is 0.958 bits per heavy atom. The van der Waals surface area contributed by atoms with Gasteiger partial charge in [0.1, 0.15) is 22.5 Å². The van der Waals surface area contributed by atoms with Crippen LogP contribution in [0.4, 0.5) is 0 Å². The number of rotatable bonds is 3. The van der Waals surface area contributed by atoms with Gasteiger partial charge in [0.05, 0.1) is 7.11 Å². The van der Waals surface area contributed by atoms with Crippen molar-refractivity contribution in [1.29, 1.82) is 0 Å². The molecule has 0 aliphatic heterocycles. The van der Waals surface area contributed by atoms with Gasteiger partial charge in [0, 0.05) is 17.7 Å². The molecule has 0 amide bonds. The van der Waals surface area contributed by atoms with Gasteiger partial charge < -0.3 is 29.7 Å². The molecule has 24 heavy (non-hydrogen) atoms. The Labute approximate surface area is 134 Å². The number of fused-ring (bicyclic) bond motifs is 1. The Bertz CT molecular complexity index is 990. The van der Waals surface area contributed by atoms with E-state index in [4.69, 9.17) is 9.30 Å². The molecule has 124 valence electrons. The van der Waals surface area contributed by atoms with Crippen molar-refractivity contribution in [3.63, 3.8) is 0 Å². The second kappa shape index (κ2) is 5.67. The topological polar surface area (TPSA) is 130 Å². The van der Waals surface area contributed by atoms with E-state index in [1.54, 1.807) is 0 Å². The van der Waals surface area contributed by atoms with Crippen molar-refractivity contribution in [1.82, 2.24) is 0 Å². The molecule has 0 spiro atoms. The monoisotopic (exact) mass is 332 g/mol. The highest BCUT2D eigenvalue weighted by molar-refractivity contribution is 5.88. The first kappa shape index (κ1) is 15.5. The van der Waals surface area contributed by atoms with Gasteiger partial charge in [-0.1, -0.05) is 0 Å². The second-order valence-corrected chi connectivity index (χ2v) is 4.88. The van der Waals surface area contributed by atoms with Gasteiger partial charge in [-0.25, -0.2) is 0 Å². The highest BCUT2D eigenvalue weighted by Crippen LogP contribution is 2.38. The maximum absolute atomic E-state index is 12.6. The third kappa shape index (κ3) is 2.44. The summed E-state index contributed by atoms with van der Waals surface area (Å²) in [5, 5.41) is 38.3. The minimum absolute atomic E-state index is 0.0940. The standard InChI is InChI=1S/C16H12O8/c1-22-24-16-14(21)13-11(20)5-8(17)6-12(13)23-15(16)7-2-3-9(18)10(19)4-7/h2-6,17-20H,1H3. The first-order chi connectivity index (χ1) is 11.4. The average molecular weight is 332 g/mol. The van der Waals surface area contributed by atoms with Crippen molar-refractivity contribution < 1.29 is 34.6 Å². The third-order valence-corrected chi connectivity index (χ3v) is 3.32. The summed E-state index contributed by atoms with van der Waals surface area (Å²) >= 11 is 0. The van der Waals surface area contributed by atoms with E-state index in [2.05, 4.69) is 4.89 Å². The molecular weight excluding hydrogens is 320 g/mol. The van der Waals surface area contributed by atoms with E-state index in [1.807, 2.05) is 0 Å². The van der Waals surface area contributed by atoms with Crippen molar-refractivity contribution >= 4 is 11.0 Å². The molecule has 0 saturated heterocycles. The van der Waals surface area contributed by atoms with Crippen LogP contribution in [-0.4, -0.2) is 27.5 Å². The minimum Gasteiger partial charge on any atom is -0.508 e. The Balaban J connectivity index is 2.39. The number of aromatic hydroxyl groups is 4. The van der Waals surface area contributed by atoms with Crippen LogP contribution in [0.1, 0.15) is 0 Å². The van der Waals surface area contributed by atoms with Crippen LogP contribution in [0.5, 0.6) is 28.7 Å². The lowest BCUT2D eigenvalue weighted by Crippen LogP contribution is -2.09. The molecule has 0 bridgehead atoms. The summed E-state index contributed by atoms with van der Waals surface area (Å²) in [6.45, 7) is 0. The van der Waals surface area contributed by atoms with Crippen LogP contribution in [0.15, 0.2) is 39.5 Å². The number of benzene rings is 2. The average Bonchev–Trinajstić information content (AvgIpc) is 2.52.